The molecule has 1 aromatic carbocycles. The lowest BCUT2D eigenvalue weighted by Gasteiger charge is -2.33. The maximum absolute atomic E-state index is 15.3. The topological polar surface area (TPSA) is 97.8 Å². The molecule has 7 nitrogen and oxygen atoms in total. The molecule has 0 bridgehead atoms. The maximum atomic E-state index is 15.3. The molecule has 10 heteroatoms. The molecule has 1 aliphatic carbocycles. The van der Waals surface area contributed by atoms with Gasteiger partial charge in [0.15, 0.2) is 11.6 Å². The predicted molar refractivity (Wildman–Crippen MR) is 109 cm³/mol. The molecular weight excluding hydrogens is 415 g/mol. The monoisotopic (exact) mass is 437 g/mol. The van der Waals surface area contributed by atoms with E-state index in [1.54, 1.807) is 4.90 Å². The number of pyridine rings is 1. The van der Waals surface area contributed by atoms with E-state index >= 15 is 4.39 Å². The third kappa shape index (κ3) is 3.54. The first-order chi connectivity index (χ1) is 14.8. The molecule has 2 fully saturated rings. The summed E-state index contributed by atoms with van der Waals surface area (Å²) in [5.41, 5.74) is 4.54. The van der Waals surface area contributed by atoms with E-state index in [2.05, 4.69) is 0 Å². The number of piperidine rings is 1. The van der Waals surface area contributed by atoms with Gasteiger partial charge < -0.3 is 25.0 Å². The van der Waals surface area contributed by atoms with Crippen LogP contribution in [-0.2, 0) is 0 Å². The van der Waals surface area contributed by atoms with E-state index in [0.29, 0.717) is 25.0 Å². The van der Waals surface area contributed by atoms with Gasteiger partial charge in [0.2, 0.25) is 5.43 Å². The number of methoxy groups -OCH3 is 1. The summed E-state index contributed by atoms with van der Waals surface area (Å²) in [4.78, 5) is 25.9. The highest BCUT2D eigenvalue weighted by atomic mass is 19.1. The Balaban J connectivity index is 1.98. The van der Waals surface area contributed by atoms with Crippen molar-refractivity contribution in [3.8, 4) is 5.75 Å². The minimum atomic E-state index is -1.48. The molecule has 0 unspecified atom stereocenters. The van der Waals surface area contributed by atoms with Crippen molar-refractivity contribution in [2.75, 3.05) is 31.6 Å². The molecule has 2 atom stereocenters. The number of aromatic nitrogens is 1. The van der Waals surface area contributed by atoms with Crippen LogP contribution in [0, 0.1) is 5.82 Å². The third-order valence-electron chi connectivity index (χ3n) is 5.84. The number of nitrogens with zero attached hydrogens (tertiary/aromatic N) is 2. The normalized spacial score (nSPS) is 22.5. The zero-order chi connectivity index (χ0) is 22.4. The minimum absolute atomic E-state index is 0.0162. The number of alkyl halides is 1. The van der Waals surface area contributed by atoms with E-state index in [1.165, 1.54) is 11.7 Å². The van der Waals surface area contributed by atoms with E-state index in [1.807, 2.05) is 0 Å². The number of carboxylic acids is 1. The number of hydrogen-bond acceptors (Lipinski definition) is 5. The Morgan fingerprint density at radius 1 is 1.42 bits per heavy atom. The molecule has 0 radical (unpaired) electrons. The molecular formula is C21H22F3N3O4. The summed E-state index contributed by atoms with van der Waals surface area (Å²) < 4.78 is 50.1. The number of carboxylic acid groups (broad SMARTS) is 1. The largest absolute Gasteiger partial charge is 0.492 e. The van der Waals surface area contributed by atoms with Crippen LogP contribution >= 0.6 is 0 Å². The Bertz CT molecular complexity index is 1160. The summed E-state index contributed by atoms with van der Waals surface area (Å²) in [5.74, 6) is -2.76. The van der Waals surface area contributed by atoms with Crippen molar-refractivity contribution in [3.05, 3.63) is 45.3 Å². The second kappa shape index (κ2) is 7.92. The van der Waals surface area contributed by atoms with Crippen LogP contribution in [0.3, 0.4) is 0 Å². The fourth-order valence-corrected chi connectivity index (χ4v) is 4.21. The van der Waals surface area contributed by atoms with Gasteiger partial charge >= 0.3 is 5.97 Å². The summed E-state index contributed by atoms with van der Waals surface area (Å²) in [6.45, 7) is 0.249. The van der Waals surface area contributed by atoms with E-state index < -0.39 is 40.8 Å². The highest BCUT2D eigenvalue weighted by Gasteiger charge is 2.41. The average Bonchev–Trinajstić information content (AvgIpc) is 3.48. The SMILES string of the molecule is COc1c(N2CCC/C(=C(/F)CN)C2)c(F)cc2c(=O)c(C(=O)O)cn([C@@H]3C[C@@H]3F)c12. The number of aromatic carboxylic acids is 1. The van der Waals surface area contributed by atoms with E-state index in [-0.39, 0.29) is 41.9 Å². The standard InChI is InChI=1S/C21H22F3N3O4/c1-31-20-17-11(19(28)12(21(29)30)9-27(17)16-6-13(16)22)5-14(23)18(20)26-4-2-3-10(8-26)15(24)7-25/h5,9,13,16H,2-4,6-8,25H2,1H3,(H,29,30)/b15-10-/t13-,16+/m0/s1. The summed E-state index contributed by atoms with van der Waals surface area (Å²) >= 11 is 0. The van der Waals surface area contributed by atoms with E-state index in [4.69, 9.17) is 10.5 Å². The van der Waals surface area contributed by atoms with E-state index in [0.717, 1.165) is 12.3 Å². The first-order valence-electron chi connectivity index (χ1n) is 9.92. The Kier molecular flexibility index (Phi) is 5.42. The number of nitrogens with two attached hydrogens (primary N) is 1. The van der Waals surface area contributed by atoms with Crippen LogP contribution in [0.5, 0.6) is 5.75 Å². The average molecular weight is 437 g/mol. The molecule has 1 saturated heterocycles. The van der Waals surface area contributed by atoms with Gasteiger partial charge in [0, 0.05) is 32.3 Å². The van der Waals surface area contributed by atoms with Crippen LogP contribution in [0.4, 0.5) is 18.9 Å². The molecule has 2 heterocycles. The first-order valence-corrected chi connectivity index (χ1v) is 9.92. The molecule has 0 spiro atoms. The molecule has 1 saturated carbocycles. The number of halogens is 3. The molecule has 4 rings (SSSR count). The van der Waals surface area contributed by atoms with Gasteiger partial charge in [0.1, 0.15) is 23.2 Å². The molecule has 2 aliphatic rings. The summed E-state index contributed by atoms with van der Waals surface area (Å²) in [6, 6.07) is 0.269. The third-order valence-corrected chi connectivity index (χ3v) is 5.84. The van der Waals surface area contributed by atoms with Crippen molar-refractivity contribution in [2.24, 2.45) is 5.73 Å². The second-order valence-electron chi connectivity index (χ2n) is 7.78. The molecule has 0 amide bonds. The lowest BCUT2D eigenvalue weighted by atomic mass is 10.0. The number of rotatable bonds is 5. The van der Waals surface area contributed by atoms with Crippen LogP contribution in [0.2, 0.25) is 0 Å². The fraction of sp³-hybridized carbons (Fsp3) is 0.429. The minimum Gasteiger partial charge on any atom is -0.492 e. The van der Waals surface area contributed by atoms with Gasteiger partial charge in [-0.15, -0.1) is 0 Å². The van der Waals surface area contributed by atoms with Crippen LogP contribution in [0.1, 0.15) is 35.7 Å². The van der Waals surface area contributed by atoms with Crippen molar-refractivity contribution >= 4 is 22.6 Å². The lowest BCUT2D eigenvalue weighted by Crippen LogP contribution is -2.33. The summed E-state index contributed by atoms with van der Waals surface area (Å²) in [6.07, 6.45) is 1.06. The van der Waals surface area contributed by atoms with Gasteiger partial charge in [-0.3, -0.25) is 4.79 Å². The zero-order valence-corrected chi connectivity index (χ0v) is 16.8. The summed E-state index contributed by atoms with van der Waals surface area (Å²) in [7, 11) is 1.29. The Morgan fingerprint density at radius 2 is 2.13 bits per heavy atom. The maximum Gasteiger partial charge on any atom is 0.341 e. The Labute approximate surface area is 175 Å². The van der Waals surface area contributed by atoms with Crippen molar-refractivity contribution < 1.29 is 27.8 Å². The van der Waals surface area contributed by atoms with Gasteiger partial charge in [-0.05, 0) is 24.5 Å². The number of benzene rings is 1. The van der Waals surface area contributed by atoms with Crippen LogP contribution in [0.15, 0.2) is 28.5 Å². The summed E-state index contributed by atoms with van der Waals surface area (Å²) in [5, 5.41) is 9.18. The molecule has 3 N–H and O–H groups in total. The van der Waals surface area contributed by atoms with Gasteiger partial charge in [0.25, 0.3) is 0 Å². The number of anilines is 1. The van der Waals surface area contributed by atoms with Crippen LogP contribution < -0.4 is 20.8 Å². The smallest absolute Gasteiger partial charge is 0.341 e. The predicted octanol–water partition coefficient (Wildman–Crippen LogP) is 2.91. The quantitative estimate of drug-likeness (QED) is 0.747. The van der Waals surface area contributed by atoms with Gasteiger partial charge in [-0.25, -0.2) is 18.0 Å². The van der Waals surface area contributed by atoms with Crippen molar-refractivity contribution in [2.45, 2.75) is 31.5 Å². The number of fused-ring (bicyclic) bond motifs is 1. The number of ether oxygens (including phenoxy) is 1. The van der Waals surface area contributed by atoms with Gasteiger partial charge in [-0.1, -0.05) is 0 Å². The highest BCUT2D eigenvalue weighted by molar-refractivity contribution is 5.97. The van der Waals surface area contributed by atoms with Crippen LogP contribution in [-0.4, -0.2) is 48.6 Å². The number of carbonyl (C=O) groups is 1. The van der Waals surface area contributed by atoms with Crippen molar-refractivity contribution in [1.82, 2.24) is 4.57 Å². The highest BCUT2D eigenvalue weighted by Crippen LogP contribution is 2.45. The molecule has 1 aromatic heterocycles. The first kappa shape index (κ1) is 21.2. The second-order valence-corrected chi connectivity index (χ2v) is 7.78. The molecule has 1 aliphatic heterocycles. The van der Waals surface area contributed by atoms with Crippen molar-refractivity contribution in [3.63, 3.8) is 0 Å². The zero-order valence-electron chi connectivity index (χ0n) is 16.8. The van der Waals surface area contributed by atoms with Crippen LogP contribution in [0.25, 0.3) is 10.9 Å². The lowest BCUT2D eigenvalue weighted by molar-refractivity contribution is 0.0694. The molecule has 2 aromatic rings. The molecule has 31 heavy (non-hydrogen) atoms. The molecule has 166 valence electrons. The van der Waals surface area contributed by atoms with Gasteiger partial charge in [-0.2, -0.15) is 0 Å². The van der Waals surface area contributed by atoms with Gasteiger partial charge in [0.05, 0.1) is 24.1 Å². The Morgan fingerprint density at radius 3 is 2.71 bits per heavy atom. The number of hydrogen-bond donors (Lipinski definition) is 2. The van der Waals surface area contributed by atoms with Crippen molar-refractivity contribution in [1.29, 1.82) is 0 Å². The van der Waals surface area contributed by atoms with E-state index in [9.17, 15) is 23.5 Å². The Hall–Kier alpha value is -3.01. The fourth-order valence-electron chi connectivity index (χ4n) is 4.21.